The summed E-state index contributed by atoms with van der Waals surface area (Å²) < 4.78 is 6.06. The van der Waals surface area contributed by atoms with Gasteiger partial charge in [0.25, 0.3) is 0 Å². The standard InChI is InChI=1S/C25H31N2OPS/c1-24(2)18-12-8-10-14-20(18)26(5)22(24)16-29(30,28-7)17-23-25(3,4)19-13-9-11-15-21(19)27(23)6/h8-17H,1-7H3. The maximum atomic E-state index is 6.19. The van der Waals surface area contributed by atoms with Gasteiger partial charge in [-0.15, -0.1) is 0 Å². The normalized spacial score (nSPS) is 23.6. The Hall–Kier alpha value is -1.87. The summed E-state index contributed by atoms with van der Waals surface area (Å²) in [5, 5.41) is 0. The van der Waals surface area contributed by atoms with Crippen molar-refractivity contribution in [1.82, 2.24) is 0 Å². The van der Waals surface area contributed by atoms with Gasteiger partial charge in [0.15, 0.2) is 0 Å². The van der Waals surface area contributed by atoms with Gasteiger partial charge in [0.2, 0.25) is 0 Å². The van der Waals surface area contributed by atoms with Crippen molar-refractivity contribution in [2.45, 2.75) is 38.5 Å². The fraction of sp³-hybridized carbons (Fsp3) is 0.360. The number of hydrogen-bond donors (Lipinski definition) is 0. The van der Waals surface area contributed by atoms with Crippen molar-refractivity contribution in [3.63, 3.8) is 0 Å². The first-order valence-corrected chi connectivity index (χ1v) is 13.2. The number of allylic oxidation sites excluding steroid dienone is 2. The van der Waals surface area contributed by atoms with E-state index >= 15 is 0 Å². The van der Waals surface area contributed by atoms with Crippen LogP contribution in [0.1, 0.15) is 38.8 Å². The van der Waals surface area contributed by atoms with E-state index in [1.54, 1.807) is 7.11 Å². The Kier molecular flexibility index (Phi) is 5.05. The Morgan fingerprint density at radius 1 is 0.767 bits per heavy atom. The second-order valence-corrected chi connectivity index (χ2v) is 13.1. The Bertz CT molecular complexity index is 1030. The molecule has 0 atom stereocenters. The molecule has 0 fully saturated rings. The second kappa shape index (κ2) is 7.09. The highest BCUT2D eigenvalue weighted by Gasteiger charge is 2.41. The maximum Gasteiger partial charge on any atom is 0.112 e. The van der Waals surface area contributed by atoms with Crippen molar-refractivity contribution in [2.24, 2.45) is 0 Å². The van der Waals surface area contributed by atoms with Crippen molar-refractivity contribution in [3.05, 3.63) is 82.7 Å². The summed E-state index contributed by atoms with van der Waals surface area (Å²) in [4.78, 5) is 4.54. The van der Waals surface area contributed by atoms with Gasteiger partial charge < -0.3 is 14.3 Å². The predicted molar refractivity (Wildman–Crippen MR) is 133 cm³/mol. The van der Waals surface area contributed by atoms with Gasteiger partial charge in [0.1, 0.15) is 6.26 Å². The highest BCUT2D eigenvalue weighted by atomic mass is 32.4. The first kappa shape index (κ1) is 21.4. The second-order valence-electron chi connectivity index (χ2n) is 9.26. The lowest BCUT2D eigenvalue weighted by atomic mass is 9.84. The Morgan fingerprint density at radius 3 is 1.47 bits per heavy atom. The number of anilines is 2. The largest absolute Gasteiger partial charge is 0.347 e. The van der Waals surface area contributed by atoms with Gasteiger partial charge in [-0.25, -0.2) is 0 Å². The molecular weight excluding hydrogens is 407 g/mol. The molecular formula is C25H31N2OPS. The molecule has 0 aliphatic carbocycles. The predicted octanol–water partition coefficient (Wildman–Crippen LogP) is 6.57. The summed E-state index contributed by atoms with van der Waals surface area (Å²) in [6.07, 6.45) is -2.36. The van der Waals surface area contributed by atoms with Crippen molar-refractivity contribution < 1.29 is 4.52 Å². The summed E-state index contributed by atoms with van der Waals surface area (Å²) in [6, 6.07) is 17.2. The van der Waals surface area contributed by atoms with Crippen LogP contribution in [-0.2, 0) is 27.2 Å². The van der Waals surface area contributed by atoms with E-state index in [1.165, 1.54) is 33.9 Å². The Morgan fingerprint density at radius 2 is 1.13 bits per heavy atom. The van der Waals surface area contributed by atoms with Crippen molar-refractivity contribution in [2.75, 3.05) is 31.0 Å². The lowest BCUT2D eigenvalue weighted by molar-refractivity contribution is 0.469. The van der Waals surface area contributed by atoms with Crippen LogP contribution < -0.4 is 9.80 Å². The van der Waals surface area contributed by atoms with E-state index < -0.39 is 6.26 Å². The van der Waals surface area contributed by atoms with Gasteiger partial charge in [-0.1, -0.05) is 75.9 Å². The van der Waals surface area contributed by atoms with E-state index in [1.807, 2.05) is 0 Å². The average Bonchev–Trinajstić information content (AvgIpc) is 3.03. The molecule has 0 unspecified atom stereocenters. The molecule has 0 radical (unpaired) electrons. The number of likely N-dealkylation sites (N-methyl/N-ethyl adjacent to an activating group) is 2. The smallest absolute Gasteiger partial charge is 0.112 e. The van der Waals surface area contributed by atoms with E-state index in [0.29, 0.717) is 0 Å². The summed E-state index contributed by atoms with van der Waals surface area (Å²) in [7, 11) is 6.01. The summed E-state index contributed by atoms with van der Waals surface area (Å²) >= 11 is 6.19. The molecule has 2 aromatic rings. The quantitative estimate of drug-likeness (QED) is 0.504. The van der Waals surface area contributed by atoms with Gasteiger partial charge in [-0.2, -0.15) is 0 Å². The third-order valence-corrected chi connectivity index (χ3v) is 9.63. The topological polar surface area (TPSA) is 15.7 Å². The van der Waals surface area contributed by atoms with E-state index in [4.69, 9.17) is 16.3 Å². The van der Waals surface area contributed by atoms with Gasteiger partial charge in [0.05, 0.1) is 0 Å². The van der Waals surface area contributed by atoms with E-state index in [2.05, 4.69) is 112 Å². The van der Waals surface area contributed by atoms with Crippen LogP contribution in [0.15, 0.2) is 71.6 Å². The van der Waals surface area contributed by atoms with Crippen LogP contribution in [0.2, 0.25) is 0 Å². The maximum absolute atomic E-state index is 6.19. The molecule has 3 nitrogen and oxygen atoms in total. The summed E-state index contributed by atoms with van der Waals surface area (Å²) in [5.74, 6) is 4.45. The molecule has 0 N–H and O–H groups in total. The monoisotopic (exact) mass is 438 g/mol. The zero-order valence-electron chi connectivity index (χ0n) is 18.9. The molecule has 2 aromatic carbocycles. The van der Waals surface area contributed by atoms with Crippen LogP contribution in [0.4, 0.5) is 11.4 Å². The highest BCUT2D eigenvalue weighted by molar-refractivity contribution is 8.15. The number of hydrogen-bond acceptors (Lipinski definition) is 4. The number of para-hydroxylation sites is 2. The minimum absolute atomic E-state index is 0.119. The highest BCUT2D eigenvalue weighted by Crippen LogP contribution is 2.59. The van der Waals surface area contributed by atoms with Gasteiger partial charge in [-0.3, -0.25) is 0 Å². The van der Waals surface area contributed by atoms with Crippen molar-refractivity contribution in [3.8, 4) is 0 Å². The van der Waals surface area contributed by atoms with E-state index in [-0.39, 0.29) is 10.8 Å². The van der Waals surface area contributed by atoms with Crippen molar-refractivity contribution >= 4 is 29.4 Å². The first-order chi connectivity index (χ1) is 14.0. The van der Waals surface area contributed by atoms with Crippen LogP contribution >= 0.6 is 6.26 Å². The summed E-state index contributed by atoms with van der Waals surface area (Å²) in [6.45, 7) is 9.08. The van der Waals surface area contributed by atoms with Crippen LogP contribution in [0, 0.1) is 0 Å². The average molecular weight is 439 g/mol. The van der Waals surface area contributed by atoms with Gasteiger partial charge in [0, 0.05) is 54.8 Å². The molecule has 0 saturated carbocycles. The molecule has 2 aliphatic heterocycles. The van der Waals surface area contributed by atoms with Crippen LogP contribution in [-0.4, -0.2) is 21.2 Å². The lowest BCUT2D eigenvalue weighted by Gasteiger charge is -2.29. The SMILES string of the molecule is COP(=S)(C=C1N(C)c2ccccc2C1(C)C)C=C1N(C)c2ccccc2C1(C)C. The van der Waals surface area contributed by atoms with Crippen molar-refractivity contribution in [1.29, 1.82) is 0 Å². The molecule has 5 heteroatoms. The van der Waals surface area contributed by atoms with Crippen LogP contribution in [0.5, 0.6) is 0 Å². The number of nitrogens with zero attached hydrogens (tertiary/aromatic N) is 2. The molecule has 4 rings (SSSR count). The molecule has 0 spiro atoms. The summed E-state index contributed by atoms with van der Waals surface area (Å²) in [5.41, 5.74) is 7.32. The van der Waals surface area contributed by atoms with Gasteiger partial charge in [-0.05, 0) is 34.9 Å². The molecule has 2 heterocycles. The zero-order valence-corrected chi connectivity index (χ0v) is 20.6. The number of benzene rings is 2. The molecule has 0 bridgehead atoms. The fourth-order valence-corrected chi connectivity index (χ4v) is 7.50. The molecule has 0 saturated heterocycles. The third-order valence-electron chi connectivity index (χ3n) is 6.77. The van der Waals surface area contributed by atoms with Gasteiger partial charge >= 0.3 is 0 Å². The minimum atomic E-state index is -2.36. The van der Waals surface area contributed by atoms with E-state index in [0.717, 1.165) is 0 Å². The number of fused-ring (bicyclic) bond motifs is 2. The molecule has 0 aromatic heterocycles. The zero-order chi connectivity index (χ0) is 21.9. The third kappa shape index (κ3) is 3.09. The molecule has 0 amide bonds. The van der Waals surface area contributed by atoms with Crippen LogP contribution in [0.3, 0.4) is 0 Å². The Balaban J connectivity index is 1.82. The number of rotatable bonds is 3. The molecule has 30 heavy (non-hydrogen) atoms. The van der Waals surface area contributed by atoms with Crippen LogP contribution in [0.25, 0.3) is 0 Å². The van der Waals surface area contributed by atoms with E-state index in [9.17, 15) is 0 Å². The Labute approximate surface area is 186 Å². The first-order valence-electron chi connectivity index (χ1n) is 10.3. The minimum Gasteiger partial charge on any atom is -0.347 e. The fourth-order valence-electron chi connectivity index (χ4n) is 4.94. The molecule has 2 aliphatic rings. The lowest BCUT2D eigenvalue weighted by Crippen LogP contribution is -2.24. The molecule has 158 valence electrons.